The lowest BCUT2D eigenvalue weighted by molar-refractivity contribution is 0.545. The minimum atomic E-state index is 0.0707. The predicted octanol–water partition coefficient (Wildman–Crippen LogP) is 20.8. The minimum absolute atomic E-state index is 0.0707. The standard InChI is InChI=1S/C10H14.3C9H13N.6C8H12N2/c1-10(2,3)9-7-5-4-6-8-9;1-9(2,3)8-4-6-10-7-5-8;1-9(2,3)8-5-4-6-10-7-8;1-9(2,3)8-6-4-5-7-10-8;1-8(2,3)7-4-9-6-10-5-7;1-8(2,3)7-6-9-4-5-10-7;1-8(2,3)7-4-5-9-6-10-7;1-8(2,3)7-4-5-9-10-6-7;1-8(2,3)7-9-5-4-6-10-7;1-8(2,3)7-5-4-6-9-10-7/h4-8H,1-3H3;3*4-7H,1-3H3;6*4-6H,1-3H3. The zero-order valence-electron chi connectivity index (χ0n) is 66.9. The van der Waals surface area contributed by atoms with Crippen LogP contribution in [0.15, 0.2) is 215 Å². The van der Waals surface area contributed by atoms with Gasteiger partial charge in [0.05, 0.1) is 17.6 Å². The van der Waals surface area contributed by atoms with Crippen LogP contribution in [0.2, 0.25) is 0 Å². The number of hydrogen-bond donors (Lipinski definition) is 0. The van der Waals surface area contributed by atoms with Crippen molar-refractivity contribution >= 4 is 0 Å². The van der Waals surface area contributed by atoms with Crippen molar-refractivity contribution in [3.05, 3.63) is 271 Å². The normalized spacial score (nSPS) is 11.5. The van der Waals surface area contributed by atoms with E-state index in [1.807, 2.05) is 85.7 Å². The zero-order valence-corrected chi connectivity index (χ0v) is 66.9. The van der Waals surface area contributed by atoms with Crippen LogP contribution in [0.25, 0.3) is 0 Å². The summed E-state index contributed by atoms with van der Waals surface area (Å²) in [6.07, 6.45) is 31.8. The Morgan fingerprint density at radius 2 is 0.610 bits per heavy atom. The topological polar surface area (TPSA) is 193 Å². The van der Waals surface area contributed by atoms with Gasteiger partial charge in [-0.1, -0.05) is 250 Å². The van der Waals surface area contributed by atoms with E-state index >= 15 is 0 Å². The van der Waals surface area contributed by atoms with Crippen LogP contribution in [0.3, 0.4) is 0 Å². The molecule has 9 heterocycles. The average Bonchev–Trinajstić information content (AvgIpc) is 1.11. The molecule has 0 fully saturated rings. The fraction of sp³-hybridized carbons (Fsp3) is 0.471. The first-order valence-electron chi connectivity index (χ1n) is 34.4. The molecule has 0 N–H and O–H groups in total. The SMILES string of the molecule is CC(C)(C)c1ccccc1.CC(C)(C)c1ccccn1.CC(C)(C)c1cccnc1.CC(C)(C)c1cccnn1.CC(C)(C)c1ccncc1.CC(C)(C)c1ccncn1.CC(C)(C)c1ccnnc1.CC(C)(C)c1cnccn1.CC(C)(C)c1cncnc1.CC(C)(C)c1ncccn1. The Bertz CT molecular complexity index is 2790. The summed E-state index contributed by atoms with van der Waals surface area (Å²) in [6.45, 7) is 64.6. The first kappa shape index (κ1) is 89.2. The molecule has 15 nitrogen and oxygen atoms in total. The Labute approximate surface area is 605 Å². The van der Waals surface area contributed by atoms with Crippen LogP contribution in [0, 0.1) is 0 Å². The second kappa shape index (κ2) is 41.7. The Morgan fingerprint density at radius 3 is 0.910 bits per heavy atom. The number of nitrogens with zero attached hydrogens (tertiary/aromatic N) is 15. The van der Waals surface area contributed by atoms with Crippen molar-refractivity contribution in [3.63, 3.8) is 0 Å². The molecule has 0 aliphatic carbocycles. The third-order valence-corrected chi connectivity index (χ3v) is 14.3. The molecule has 0 spiro atoms. The van der Waals surface area contributed by atoms with Gasteiger partial charge < -0.3 is 0 Å². The Balaban J connectivity index is 0.000000556. The first-order valence-corrected chi connectivity index (χ1v) is 34.4. The van der Waals surface area contributed by atoms with Crippen molar-refractivity contribution in [1.82, 2.24) is 75.2 Å². The molecule has 0 unspecified atom stereocenters. The van der Waals surface area contributed by atoms with Crippen molar-refractivity contribution in [2.75, 3.05) is 0 Å². The molecule has 100 heavy (non-hydrogen) atoms. The predicted molar refractivity (Wildman–Crippen MR) is 418 cm³/mol. The Morgan fingerprint density at radius 1 is 0.190 bits per heavy atom. The molecule has 0 bridgehead atoms. The highest BCUT2D eigenvalue weighted by molar-refractivity contribution is 5.23. The van der Waals surface area contributed by atoms with Crippen LogP contribution < -0.4 is 0 Å². The number of aromatic nitrogens is 15. The summed E-state index contributed by atoms with van der Waals surface area (Å²) in [6, 6.07) is 34.4. The molecule has 1 aromatic carbocycles. The molecule has 0 amide bonds. The largest absolute Gasteiger partial charge is 0.265 e. The molecule has 10 rings (SSSR count). The second-order valence-electron chi connectivity index (χ2n) is 34.2. The number of pyridine rings is 3. The maximum Gasteiger partial charge on any atom is 0.133 e. The highest BCUT2D eigenvalue weighted by Crippen LogP contribution is 2.25. The lowest BCUT2D eigenvalue weighted by Crippen LogP contribution is -2.14. The van der Waals surface area contributed by atoms with Crippen molar-refractivity contribution in [1.29, 1.82) is 0 Å². The molecule has 0 atom stereocenters. The highest BCUT2D eigenvalue weighted by atomic mass is 15.1. The van der Waals surface area contributed by atoms with E-state index < -0.39 is 0 Å². The molecule has 540 valence electrons. The summed E-state index contributed by atoms with van der Waals surface area (Å²) in [7, 11) is 0. The van der Waals surface area contributed by atoms with Gasteiger partial charge in [0.15, 0.2) is 0 Å². The van der Waals surface area contributed by atoms with E-state index in [1.54, 1.807) is 74.6 Å². The van der Waals surface area contributed by atoms with Crippen LogP contribution in [0.4, 0.5) is 0 Å². The van der Waals surface area contributed by atoms with Crippen LogP contribution >= 0.6 is 0 Å². The van der Waals surface area contributed by atoms with Gasteiger partial charge in [-0.25, -0.2) is 29.9 Å². The van der Waals surface area contributed by atoms with E-state index in [9.17, 15) is 0 Å². The highest BCUT2D eigenvalue weighted by Gasteiger charge is 2.20. The van der Waals surface area contributed by atoms with Crippen molar-refractivity contribution < 1.29 is 0 Å². The van der Waals surface area contributed by atoms with Gasteiger partial charge in [-0.3, -0.25) is 24.9 Å². The van der Waals surface area contributed by atoms with E-state index in [2.05, 4.69) is 338 Å². The summed E-state index contributed by atoms with van der Waals surface area (Å²) in [5.41, 5.74) is 12.5. The van der Waals surface area contributed by atoms with Crippen LogP contribution in [-0.2, 0) is 54.1 Å². The van der Waals surface area contributed by atoms with E-state index in [-0.39, 0.29) is 48.7 Å². The van der Waals surface area contributed by atoms with Gasteiger partial charge in [-0.15, -0.1) is 0 Å². The third kappa shape index (κ3) is 40.3. The molecular weight excluding hydrogens is 1230 g/mol. The first-order chi connectivity index (χ1) is 46.1. The Hall–Kier alpha value is -8.85. The van der Waals surface area contributed by atoms with Crippen LogP contribution in [0.5, 0.6) is 0 Å². The molecule has 10 aromatic rings. The summed E-state index contributed by atoms with van der Waals surface area (Å²) >= 11 is 0. The molecule has 9 aromatic heterocycles. The van der Waals surface area contributed by atoms with Gasteiger partial charge in [0.1, 0.15) is 18.5 Å². The fourth-order valence-corrected chi connectivity index (χ4v) is 7.63. The van der Waals surface area contributed by atoms with E-state index in [0.717, 1.165) is 28.6 Å². The number of benzene rings is 1. The molecule has 0 radical (unpaired) electrons. The van der Waals surface area contributed by atoms with E-state index in [0.29, 0.717) is 5.41 Å². The molecule has 15 heteroatoms. The molecule has 0 aliphatic heterocycles. The summed E-state index contributed by atoms with van der Waals surface area (Å²) in [5.74, 6) is 0.898. The van der Waals surface area contributed by atoms with E-state index in [1.165, 1.54) is 27.8 Å². The molecule has 0 saturated carbocycles. The monoisotopic (exact) mass is 1360 g/mol. The van der Waals surface area contributed by atoms with Gasteiger partial charge in [0.2, 0.25) is 0 Å². The number of hydrogen-bond acceptors (Lipinski definition) is 15. The Kier molecular flexibility index (Phi) is 37.1. The minimum Gasteiger partial charge on any atom is -0.265 e. The lowest BCUT2D eigenvalue weighted by Gasteiger charge is -2.18. The maximum absolute atomic E-state index is 4.25. The van der Waals surface area contributed by atoms with Crippen molar-refractivity contribution in [3.8, 4) is 0 Å². The van der Waals surface area contributed by atoms with Crippen molar-refractivity contribution in [2.24, 2.45) is 0 Å². The summed E-state index contributed by atoms with van der Waals surface area (Å²) in [5, 5.41) is 15.3. The van der Waals surface area contributed by atoms with Crippen LogP contribution in [0.1, 0.15) is 264 Å². The van der Waals surface area contributed by atoms with Gasteiger partial charge in [-0.05, 0) is 116 Å². The summed E-state index contributed by atoms with van der Waals surface area (Å²) in [4.78, 5) is 44.6. The zero-order chi connectivity index (χ0) is 76.1. The van der Waals surface area contributed by atoms with Gasteiger partial charge in [0.25, 0.3) is 0 Å². The molecular formula is C85H125N15. The second-order valence-corrected chi connectivity index (χ2v) is 34.2. The van der Waals surface area contributed by atoms with Crippen LogP contribution in [-0.4, -0.2) is 75.2 Å². The van der Waals surface area contributed by atoms with Crippen molar-refractivity contribution in [2.45, 2.75) is 262 Å². The molecule has 0 aliphatic rings. The maximum atomic E-state index is 4.25. The van der Waals surface area contributed by atoms with Gasteiger partial charge >= 0.3 is 0 Å². The number of rotatable bonds is 0. The lowest BCUT2D eigenvalue weighted by atomic mass is 9.87. The van der Waals surface area contributed by atoms with E-state index in [4.69, 9.17) is 0 Å². The quantitative estimate of drug-likeness (QED) is 0.139. The van der Waals surface area contributed by atoms with Gasteiger partial charge in [0, 0.05) is 131 Å². The molecule has 0 saturated heterocycles. The smallest absolute Gasteiger partial charge is 0.133 e. The van der Waals surface area contributed by atoms with Gasteiger partial charge in [-0.2, -0.15) is 20.4 Å². The third-order valence-electron chi connectivity index (χ3n) is 14.3. The fourth-order valence-electron chi connectivity index (χ4n) is 7.63. The average molecular weight is 1360 g/mol. The summed E-state index contributed by atoms with van der Waals surface area (Å²) < 4.78 is 0.